The average Bonchev–Trinajstić information content (AvgIpc) is 2.72. The summed E-state index contributed by atoms with van der Waals surface area (Å²) < 4.78 is 7.62. The molecule has 0 spiro atoms. The van der Waals surface area contributed by atoms with E-state index in [0.717, 1.165) is 22.3 Å². The monoisotopic (exact) mass is 327 g/mol. The van der Waals surface area contributed by atoms with Gasteiger partial charge in [0.15, 0.2) is 0 Å². The van der Waals surface area contributed by atoms with Gasteiger partial charge in [0.1, 0.15) is 5.92 Å². The van der Waals surface area contributed by atoms with Gasteiger partial charge in [-0.25, -0.2) is 0 Å². The fourth-order valence-electron chi connectivity index (χ4n) is 1.83. The molecule has 5 nitrogen and oxygen atoms in total. The summed E-state index contributed by atoms with van der Waals surface area (Å²) in [6.07, 6.45) is 1.12. The first-order valence-corrected chi connectivity index (χ1v) is 7.18. The van der Waals surface area contributed by atoms with E-state index < -0.39 is 11.9 Å². The molecule has 1 heterocycles. The van der Waals surface area contributed by atoms with Crippen molar-refractivity contribution < 1.29 is 9.53 Å². The van der Waals surface area contributed by atoms with Crippen molar-refractivity contribution in [2.24, 2.45) is 5.92 Å². The number of ether oxygens (including phenoxy) is 1. The van der Waals surface area contributed by atoms with Crippen LogP contribution in [0.2, 0.25) is 0 Å². The summed E-state index contributed by atoms with van der Waals surface area (Å²) in [6.45, 7) is 6.71. The van der Waals surface area contributed by atoms with Crippen LogP contribution in [0, 0.1) is 17.2 Å². The molecular weight excluding hydrogens is 310 g/mol. The second-order valence-corrected chi connectivity index (χ2v) is 4.81. The first-order valence-electron chi connectivity index (χ1n) is 6.39. The zero-order chi connectivity index (χ0) is 14.4. The Hall–Kier alpha value is -1.35. The van der Waals surface area contributed by atoms with E-state index in [1.54, 1.807) is 6.92 Å². The number of carbonyl (C=O) groups excluding carboxylic acids is 1. The number of aryl methyl sites for hydroxylation is 2. The highest BCUT2D eigenvalue weighted by Crippen LogP contribution is 2.25. The molecule has 0 aromatic carbocycles. The number of rotatable bonds is 6. The highest BCUT2D eigenvalue weighted by atomic mass is 79.9. The molecule has 1 atom stereocenters. The van der Waals surface area contributed by atoms with Gasteiger partial charge in [-0.05, 0) is 36.2 Å². The van der Waals surface area contributed by atoms with E-state index in [1.165, 1.54) is 0 Å². The first-order chi connectivity index (χ1) is 9.08. The van der Waals surface area contributed by atoms with Gasteiger partial charge in [0.25, 0.3) is 0 Å². The number of nitrogens with zero attached hydrogens (tertiary/aromatic N) is 3. The summed E-state index contributed by atoms with van der Waals surface area (Å²) in [4.78, 5) is 11.7. The third-order valence-electron chi connectivity index (χ3n) is 2.82. The topological polar surface area (TPSA) is 67.9 Å². The Morgan fingerprint density at radius 3 is 2.68 bits per heavy atom. The normalized spacial score (nSPS) is 11.9. The zero-order valence-corrected chi connectivity index (χ0v) is 13.0. The molecule has 19 heavy (non-hydrogen) atoms. The molecule has 1 rings (SSSR count). The molecule has 0 fully saturated rings. The van der Waals surface area contributed by atoms with Crippen LogP contribution in [0.1, 0.15) is 32.2 Å². The van der Waals surface area contributed by atoms with Gasteiger partial charge in [0, 0.05) is 13.0 Å². The summed E-state index contributed by atoms with van der Waals surface area (Å²) in [5.41, 5.74) is 1.82. The van der Waals surface area contributed by atoms with Crippen LogP contribution in [0.3, 0.4) is 0 Å². The predicted molar refractivity (Wildman–Crippen MR) is 74.4 cm³/mol. The van der Waals surface area contributed by atoms with Gasteiger partial charge in [-0.3, -0.25) is 9.48 Å². The quantitative estimate of drug-likeness (QED) is 0.753. The highest BCUT2D eigenvalue weighted by molar-refractivity contribution is 9.10. The Kier molecular flexibility index (Phi) is 6.03. The van der Waals surface area contributed by atoms with Gasteiger partial charge in [-0.15, -0.1) is 0 Å². The number of halogens is 1. The maximum atomic E-state index is 11.7. The number of hydrogen-bond donors (Lipinski definition) is 0. The van der Waals surface area contributed by atoms with E-state index in [0.29, 0.717) is 13.0 Å². The van der Waals surface area contributed by atoms with Crippen molar-refractivity contribution in [1.29, 1.82) is 5.26 Å². The molecule has 0 N–H and O–H groups in total. The van der Waals surface area contributed by atoms with Crippen LogP contribution in [0.4, 0.5) is 0 Å². The van der Waals surface area contributed by atoms with Crippen LogP contribution in [0.5, 0.6) is 0 Å². The summed E-state index contributed by atoms with van der Waals surface area (Å²) in [5, 5.41) is 13.6. The average molecular weight is 328 g/mol. The van der Waals surface area contributed by atoms with Gasteiger partial charge < -0.3 is 4.74 Å². The van der Waals surface area contributed by atoms with E-state index >= 15 is 0 Å². The van der Waals surface area contributed by atoms with Crippen molar-refractivity contribution in [1.82, 2.24) is 9.78 Å². The Balaban J connectivity index is 3.00. The molecule has 0 bridgehead atoms. The van der Waals surface area contributed by atoms with Crippen molar-refractivity contribution in [3.8, 4) is 6.07 Å². The molecule has 104 valence electrons. The lowest BCUT2D eigenvalue weighted by atomic mass is 10.0. The summed E-state index contributed by atoms with van der Waals surface area (Å²) in [6, 6.07) is 2.00. The highest BCUT2D eigenvalue weighted by Gasteiger charge is 2.24. The largest absolute Gasteiger partial charge is 0.465 e. The second-order valence-electron chi connectivity index (χ2n) is 4.01. The van der Waals surface area contributed by atoms with Gasteiger partial charge in [0.2, 0.25) is 0 Å². The first kappa shape index (κ1) is 15.7. The van der Waals surface area contributed by atoms with Crippen LogP contribution < -0.4 is 0 Å². The lowest BCUT2D eigenvalue weighted by Crippen LogP contribution is -2.20. The summed E-state index contributed by atoms with van der Waals surface area (Å²) in [5.74, 6) is -1.26. The van der Waals surface area contributed by atoms with Gasteiger partial charge in [-0.1, -0.05) is 6.92 Å². The molecule has 0 aliphatic heterocycles. The third kappa shape index (κ3) is 3.57. The van der Waals surface area contributed by atoms with Crippen molar-refractivity contribution >= 4 is 21.9 Å². The van der Waals surface area contributed by atoms with E-state index in [-0.39, 0.29) is 6.61 Å². The standard InChI is InChI=1S/C13H18BrN3O2/c1-4-10-12(14)11(17(5-2)16-10)7-9(8-15)13(18)19-6-3/h9H,4-7H2,1-3H3. The molecule has 1 aromatic rings. The van der Waals surface area contributed by atoms with E-state index in [2.05, 4.69) is 21.0 Å². The number of hydrogen-bond acceptors (Lipinski definition) is 4. The Bertz CT molecular complexity index is 491. The molecule has 0 radical (unpaired) electrons. The fraction of sp³-hybridized carbons (Fsp3) is 0.615. The van der Waals surface area contributed by atoms with Crippen molar-refractivity contribution in [2.75, 3.05) is 6.61 Å². The Morgan fingerprint density at radius 2 is 2.21 bits per heavy atom. The minimum Gasteiger partial charge on any atom is -0.465 e. The van der Waals surface area contributed by atoms with Gasteiger partial charge in [-0.2, -0.15) is 10.4 Å². The zero-order valence-electron chi connectivity index (χ0n) is 11.4. The number of nitriles is 1. The van der Waals surface area contributed by atoms with Crippen LogP contribution in [0.25, 0.3) is 0 Å². The SMILES string of the molecule is CCOC(=O)C(C#N)Cc1c(Br)c(CC)nn1CC. The van der Waals surface area contributed by atoms with Crippen LogP contribution in [0.15, 0.2) is 4.47 Å². The fourth-order valence-corrected chi connectivity index (χ4v) is 2.56. The lowest BCUT2D eigenvalue weighted by Gasteiger charge is -2.10. The molecule has 0 aliphatic carbocycles. The van der Waals surface area contributed by atoms with Gasteiger partial charge >= 0.3 is 5.97 Å². The predicted octanol–water partition coefficient (Wildman–Crippen LogP) is 2.47. The van der Waals surface area contributed by atoms with E-state index in [1.807, 2.05) is 24.6 Å². The lowest BCUT2D eigenvalue weighted by molar-refractivity contribution is -0.146. The van der Waals surface area contributed by atoms with E-state index in [9.17, 15) is 4.79 Å². The van der Waals surface area contributed by atoms with Crippen molar-refractivity contribution in [3.05, 3.63) is 15.9 Å². The molecule has 0 saturated carbocycles. The summed E-state index contributed by atoms with van der Waals surface area (Å²) >= 11 is 3.50. The smallest absolute Gasteiger partial charge is 0.323 e. The molecule has 1 unspecified atom stereocenters. The number of aromatic nitrogens is 2. The van der Waals surface area contributed by atoms with Gasteiger partial charge in [0.05, 0.1) is 28.5 Å². The molecule has 1 aromatic heterocycles. The van der Waals surface area contributed by atoms with Crippen molar-refractivity contribution in [2.45, 2.75) is 40.2 Å². The number of esters is 1. The maximum absolute atomic E-state index is 11.7. The molecular formula is C13H18BrN3O2. The summed E-state index contributed by atoms with van der Waals surface area (Å²) in [7, 11) is 0. The number of carbonyl (C=O) groups is 1. The third-order valence-corrected chi connectivity index (χ3v) is 3.73. The minimum absolute atomic E-state index is 0.283. The van der Waals surface area contributed by atoms with E-state index in [4.69, 9.17) is 10.00 Å². The molecule has 0 amide bonds. The van der Waals surface area contributed by atoms with Crippen LogP contribution in [-0.2, 0) is 28.9 Å². The molecule has 0 saturated heterocycles. The van der Waals surface area contributed by atoms with Crippen molar-refractivity contribution in [3.63, 3.8) is 0 Å². The second kappa shape index (κ2) is 7.29. The molecule has 0 aliphatic rings. The van der Waals surface area contributed by atoms with Crippen LogP contribution >= 0.6 is 15.9 Å². The minimum atomic E-state index is -0.789. The molecule has 6 heteroatoms. The maximum Gasteiger partial charge on any atom is 0.323 e. The van der Waals surface area contributed by atoms with Crippen LogP contribution in [-0.4, -0.2) is 22.4 Å². The Labute approximate surface area is 121 Å². The Morgan fingerprint density at radius 1 is 1.53 bits per heavy atom.